The van der Waals surface area contributed by atoms with Crippen molar-refractivity contribution in [2.75, 3.05) is 6.54 Å². The molecule has 1 rings (SSSR count). The van der Waals surface area contributed by atoms with Gasteiger partial charge in [0.15, 0.2) is 0 Å². The summed E-state index contributed by atoms with van der Waals surface area (Å²) in [5.41, 5.74) is 1.26. The second-order valence-electron chi connectivity index (χ2n) is 4.21. The first-order chi connectivity index (χ1) is 8.08. The molecule has 17 heavy (non-hydrogen) atoms. The second kappa shape index (κ2) is 7.67. The third-order valence-corrected chi connectivity index (χ3v) is 2.87. The first-order valence-electron chi connectivity index (χ1n) is 5.69. The summed E-state index contributed by atoms with van der Waals surface area (Å²) >= 11 is 9.29. The van der Waals surface area contributed by atoms with Crippen molar-refractivity contribution in [3.05, 3.63) is 45.4 Å². The van der Waals surface area contributed by atoms with Gasteiger partial charge in [0, 0.05) is 22.3 Å². The normalized spacial score (nSPS) is 12.6. The lowest BCUT2D eigenvalue weighted by atomic mass is 10.1. The van der Waals surface area contributed by atoms with Crippen LogP contribution < -0.4 is 0 Å². The highest BCUT2D eigenvalue weighted by Gasteiger charge is 1.93. The number of halogens is 2. The SMILES string of the molecule is CC(C)/C=C(/Br)C=NCCc1ccc(Cl)cc1. The van der Waals surface area contributed by atoms with E-state index >= 15 is 0 Å². The summed E-state index contributed by atoms with van der Waals surface area (Å²) < 4.78 is 1.05. The zero-order valence-electron chi connectivity index (χ0n) is 10.2. The summed E-state index contributed by atoms with van der Waals surface area (Å²) in [6.07, 6.45) is 4.94. The molecule has 0 aliphatic heterocycles. The van der Waals surface area contributed by atoms with Crippen LogP contribution in [0.2, 0.25) is 5.02 Å². The smallest absolute Gasteiger partial charge is 0.0430 e. The van der Waals surface area contributed by atoms with E-state index in [1.54, 1.807) is 0 Å². The molecule has 0 aromatic heterocycles. The van der Waals surface area contributed by atoms with Crippen LogP contribution in [0.4, 0.5) is 0 Å². The molecule has 0 saturated carbocycles. The van der Waals surface area contributed by atoms with Gasteiger partial charge in [-0.15, -0.1) is 0 Å². The van der Waals surface area contributed by atoms with E-state index in [1.165, 1.54) is 5.56 Å². The maximum absolute atomic E-state index is 5.82. The number of hydrogen-bond acceptors (Lipinski definition) is 1. The third kappa shape index (κ3) is 6.64. The van der Waals surface area contributed by atoms with Crippen molar-refractivity contribution >= 4 is 33.7 Å². The summed E-state index contributed by atoms with van der Waals surface area (Å²) in [4.78, 5) is 4.37. The zero-order chi connectivity index (χ0) is 12.7. The molecule has 0 heterocycles. The van der Waals surface area contributed by atoms with E-state index < -0.39 is 0 Å². The molecule has 0 unspecified atom stereocenters. The Labute approximate surface area is 117 Å². The molecule has 0 bridgehead atoms. The van der Waals surface area contributed by atoms with E-state index in [4.69, 9.17) is 11.6 Å². The maximum atomic E-state index is 5.82. The van der Waals surface area contributed by atoms with Gasteiger partial charge in [-0.25, -0.2) is 0 Å². The van der Waals surface area contributed by atoms with Gasteiger partial charge in [-0.3, -0.25) is 4.99 Å². The molecular formula is C14H17BrClN. The van der Waals surface area contributed by atoms with Crippen LogP contribution >= 0.6 is 27.5 Å². The van der Waals surface area contributed by atoms with Crippen molar-refractivity contribution in [1.82, 2.24) is 0 Å². The fourth-order valence-electron chi connectivity index (χ4n) is 1.36. The van der Waals surface area contributed by atoms with Crippen molar-refractivity contribution in [3.63, 3.8) is 0 Å². The minimum atomic E-state index is 0.534. The van der Waals surface area contributed by atoms with Crippen LogP contribution in [-0.2, 0) is 6.42 Å². The molecule has 1 aromatic rings. The molecule has 0 N–H and O–H groups in total. The molecule has 0 aliphatic rings. The van der Waals surface area contributed by atoms with E-state index in [0.29, 0.717) is 5.92 Å². The quantitative estimate of drug-likeness (QED) is 0.686. The predicted octanol–water partition coefficient (Wildman–Crippen LogP) is 4.89. The molecule has 1 nitrogen and oxygen atoms in total. The first-order valence-corrected chi connectivity index (χ1v) is 6.86. The first kappa shape index (κ1) is 14.5. The Hall–Kier alpha value is -0.600. The average Bonchev–Trinajstić information content (AvgIpc) is 2.26. The van der Waals surface area contributed by atoms with E-state index in [0.717, 1.165) is 22.5 Å². The number of hydrogen-bond donors (Lipinski definition) is 0. The summed E-state index contributed by atoms with van der Waals surface area (Å²) in [5.74, 6) is 0.534. The van der Waals surface area contributed by atoms with Gasteiger partial charge in [-0.1, -0.05) is 43.7 Å². The average molecular weight is 315 g/mol. The zero-order valence-corrected chi connectivity index (χ0v) is 12.5. The number of rotatable bonds is 5. The lowest BCUT2D eigenvalue weighted by Gasteiger charge is -1.98. The number of allylic oxidation sites excluding steroid dienone is 2. The maximum Gasteiger partial charge on any atom is 0.0430 e. The van der Waals surface area contributed by atoms with E-state index in [9.17, 15) is 0 Å². The number of benzene rings is 1. The van der Waals surface area contributed by atoms with Crippen molar-refractivity contribution in [2.45, 2.75) is 20.3 Å². The Kier molecular flexibility index (Phi) is 6.53. The monoisotopic (exact) mass is 313 g/mol. The van der Waals surface area contributed by atoms with Crippen LogP contribution in [0.1, 0.15) is 19.4 Å². The topological polar surface area (TPSA) is 12.4 Å². The predicted molar refractivity (Wildman–Crippen MR) is 80.4 cm³/mol. The molecule has 3 heteroatoms. The lowest BCUT2D eigenvalue weighted by Crippen LogP contribution is -1.90. The highest BCUT2D eigenvalue weighted by molar-refractivity contribution is 9.12. The minimum Gasteiger partial charge on any atom is -0.292 e. The van der Waals surface area contributed by atoms with Gasteiger partial charge in [0.25, 0.3) is 0 Å². The van der Waals surface area contributed by atoms with Crippen LogP contribution in [0, 0.1) is 5.92 Å². The van der Waals surface area contributed by atoms with Crippen molar-refractivity contribution in [2.24, 2.45) is 10.9 Å². The van der Waals surface area contributed by atoms with E-state index in [-0.39, 0.29) is 0 Å². The van der Waals surface area contributed by atoms with Crippen molar-refractivity contribution < 1.29 is 0 Å². The number of nitrogens with zero attached hydrogens (tertiary/aromatic N) is 1. The second-order valence-corrected chi connectivity index (χ2v) is 5.56. The van der Waals surface area contributed by atoms with E-state index in [1.807, 2.05) is 30.5 Å². The van der Waals surface area contributed by atoms with Crippen LogP contribution in [0.15, 0.2) is 39.8 Å². The van der Waals surface area contributed by atoms with Crippen molar-refractivity contribution in [1.29, 1.82) is 0 Å². The van der Waals surface area contributed by atoms with Gasteiger partial charge in [0.1, 0.15) is 0 Å². The standard InChI is InChI=1S/C14H17BrClN/c1-11(2)9-13(15)10-17-8-7-12-3-5-14(16)6-4-12/h3-6,9-11H,7-8H2,1-2H3/b13-9+,17-10?. The Morgan fingerprint density at radius 2 is 2.00 bits per heavy atom. The molecule has 92 valence electrons. The van der Waals surface area contributed by atoms with Gasteiger partial charge < -0.3 is 0 Å². The highest BCUT2D eigenvalue weighted by atomic mass is 79.9. The highest BCUT2D eigenvalue weighted by Crippen LogP contribution is 2.10. The van der Waals surface area contributed by atoms with Crippen LogP contribution in [0.25, 0.3) is 0 Å². The molecule has 0 saturated heterocycles. The molecular weight excluding hydrogens is 298 g/mol. The summed E-state index contributed by atoms with van der Waals surface area (Å²) in [5, 5.41) is 0.778. The molecule has 1 aromatic carbocycles. The molecule has 0 atom stereocenters. The van der Waals surface area contributed by atoms with Crippen LogP contribution in [-0.4, -0.2) is 12.8 Å². The Bertz CT molecular complexity index is 393. The molecule has 0 aliphatic carbocycles. The summed E-state index contributed by atoms with van der Waals surface area (Å²) in [7, 11) is 0. The van der Waals surface area contributed by atoms with E-state index in [2.05, 4.69) is 40.8 Å². The molecule has 0 fully saturated rings. The molecule has 0 spiro atoms. The van der Waals surface area contributed by atoms with Gasteiger partial charge in [-0.2, -0.15) is 0 Å². The van der Waals surface area contributed by atoms with Crippen LogP contribution in [0.5, 0.6) is 0 Å². The van der Waals surface area contributed by atoms with Crippen LogP contribution in [0.3, 0.4) is 0 Å². The van der Waals surface area contributed by atoms with Gasteiger partial charge in [0.05, 0.1) is 0 Å². The fraction of sp³-hybridized carbons (Fsp3) is 0.357. The van der Waals surface area contributed by atoms with Gasteiger partial charge >= 0.3 is 0 Å². The third-order valence-electron chi connectivity index (χ3n) is 2.15. The summed E-state index contributed by atoms with van der Waals surface area (Å²) in [6.45, 7) is 5.08. The largest absolute Gasteiger partial charge is 0.292 e. The van der Waals surface area contributed by atoms with Gasteiger partial charge in [0.2, 0.25) is 0 Å². The summed E-state index contributed by atoms with van der Waals surface area (Å²) in [6, 6.07) is 7.90. The Morgan fingerprint density at radius 3 is 2.59 bits per heavy atom. The fourth-order valence-corrected chi connectivity index (χ4v) is 2.16. The minimum absolute atomic E-state index is 0.534. The molecule has 0 amide bonds. The Morgan fingerprint density at radius 1 is 1.35 bits per heavy atom. The molecule has 0 radical (unpaired) electrons. The lowest BCUT2D eigenvalue weighted by molar-refractivity contribution is 0.832. The van der Waals surface area contributed by atoms with Gasteiger partial charge in [-0.05, 0) is 46.0 Å². The Balaban J connectivity index is 2.37. The van der Waals surface area contributed by atoms with Crippen molar-refractivity contribution in [3.8, 4) is 0 Å². The number of aliphatic imine (C=N–C) groups is 1.